The van der Waals surface area contributed by atoms with Crippen molar-refractivity contribution in [3.63, 3.8) is 0 Å². The number of aromatic hydroxyl groups is 1. The van der Waals surface area contributed by atoms with Crippen LogP contribution in [-0.4, -0.2) is 16.9 Å². The lowest BCUT2D eigenvalue weighted by Gasteiger charge is -2.18. The molecule has 6 heteroatoms. The normalized spacial score (nSPS) is 11.0. The fourth-order valence-corrected chi connectivity index (χ4v) is 0.929. The molecule has 1 aromatic heterocycles. The SMILES string of the molecule is CC(C)(C)OC(=O)OCc1cc(=O)c(O)co1. The molecule has 0 aliphatic carbocycles. The predicted octanol–water partition coefficient (Wildman–Crippen LogP) is 1.80. The number of carbonyl (C=O) groups excluding carboxylic acids is 1. The summed E-state index contributed by atoms with van der Waals surface area (Å²) in [4.78, 5) is 22.2. The van der Waals surface area contributed by atoms with Crippen LogP contribution in [0.15, 0.2) is 21.5 Å². The van der Waals surface area contributed by atoms with Gasteiger partial charge in [0.2, 0.25) is 5.43 Å². The highest BCUT2D eigenvalue weighted by atomic mass is 16.7. The lowest BCUT2D eigenvalue weighted by molar-refractivity contribution is -0.0134. The zero-order valence-corrected chi connectivity index (χ0v) is 9.85. The fourth-order valence-electron chi connectivity index (χ4n) is 0.929. The van der Waals surface area contributed by atoms with Gasteiger partial charge in [0.05, 0.1) is 0 Å². The van der Waals surface area contributed by atoms with Crippen LogP contribution in [-0.2, 0) is 16.1 Å². The van der Waals surface area contributed by atoms with E-state index in [4.69, 9.17) is 19.0 Å². The predicted molar refractivity (Wildman–Crippen MR) is 57.7 cm³/mol. The number of rotatable bonds is 2. The van der Waals surface area contributed by atoms with E-state index < -0.39 is 22.9 Å². The van der Waals surface area contributed by atoms with E-state index in [0.717, 1.165) is 12.3 Å². The molecule has 1 N–H and O–H groups in total. The Balaban J connectivity index is 2.53. The van der Waals surface area contributed by atoms with Gasteiger partial charge in [-0.2, -0.15) is 0 Å². The highest BCUT2D eigenvalue weighted by molar-refractivity contribution is 5.60. The molecule has 1 aromatic rings. The maximum absolute atomic E-state index is 11.2. The van der Waals surface area contributed by atoms with Gasteiger partial charge in [-0.3, -0.25) is 4.79 Å². The summed E-state index contributed by atoms with van der Waals surface area (Å²) in [6.45, 7) is 4.88. The molecule has 1 rings (SSSR count). The van der Waals surface area contributed by atoms with Crippen molar-refractivity contribution < 1.29 is 23.8 Å². The second-order valence-corrected chi connectivity index (χ2v) is 4.35. The van der Waals surface area contributed by atoms with Crippen molar-refractivity contribution in [1.29, 1.82) is 0 Å². The van der Waals surface area contributed by atoms with Crippen LogP contribution in [0.5, 0.6) is 5.75 Å². The van der Waals surface area contributed by atoms with Gasteiger partial charge in [-0.15, -0.1) is 0 Å². The zero-order chi connectivity index (χ0) is 13.1. The number of hydrogen-bond donors (Lipinski definition) is 1. The van der Waals surface area contributed by atoms with Crippen molar-refractivity contribution in [2.24, 2.45) is 0 Å². The lowest BCUT2D eigenvalue weighted by atomic mass is 10.2. The Morgan fingerprint density at radius 3 is 2.65 bits per heavy atom. The number of carbonyl (C=O) groups is 1. The van der Waals surface area contributed by atoms with E-state index in [9.17, 15) is 9.59 Å². The summed E-state index contributed by atoms with van der Waals surface area (Å²) in [7, 11) is 0. The molecule has 0 bridgehead atoms. The van der Waals surface area contributed by atoms with Gasteiger partial charge in [0, 0.05) is 6.07 Å². The van der Waals surface area contributed by atoms with Gasteiger partial charge >= 0.3 is 6.16 Å². The molecule has 17 heavy (non-hydrogen) atoms. The van der Waals surface area contributed by atoms with Crippen LogP contribution in [0.4, 0.5) is 4.79 Å². The second-order valence-electron chi connectivity index (χ2n) is 4.35. The van der Waals surface area contributed by atoms with Crippen LogP contribution in [0.1, 0.15) is 26.5 Å². The van der Waals surface area contributed by atoms with Gasteiger partial charge in [-0.1, -0.05) is 0 Å². The molecular formula is C11H14O6. The summed E-state index contributed by atoms with van der Waals surface area (Å²) in [5.74, 6) is -0.371. The minimum atomic E-state index is -0.853. The summed E-state index contributed by atoms with van der Waals surface area (Å²) >= 11 is 0. The van der Waals surface area contributed by atoms with E-state index in [1.165, 1.54) is 0 Å². The minimum absolute atomic E-state index is 0.124. The van der Waals surface area contributed by atoms with Crippen LogP contribution in [0.3, 0.4) is 0 Å². The second kappa shape index (κ2) is 4.90. The third-order valence-electron chi connectivity index (χ3n) is 1.59. The molecule has 0 amide bonds. The summed E-state index contributed by atoms with van der Waals surface area (Å²) in [5.41, 5.74) is -1.24. The first-order valence-corrected chi connectivity index (χ1v) is 4.94. The van der Waals surface area contributed by atoms with Crippen molar-refractivity contribution in [3.8, 4) is 5.75 Å². The van der Waals surface area contributed by atoms with E-state index in [1.807, 2.05) is 0 Å². The third kappa shape index (κ3) is 4.58. The van der Waals surface area contributed by atoms with Crippen LogP contribution >= 0.6 is 0 Å². The van der Waals surface area contributed by atoms with Gasteiger partial charge in [0.25, 0.3) is 0 Å². The summed E-state index contributed by atoms with van der Waals surface area (Å²) in [6.07, 6.45) is 0.0315. The molecule has 0 spiro atoms. The maximum atomic E-state index is 11.2. The molecule has 0 atom stereocenters. The third-order valence-corrected chi connectivity index (χ3v) is 1.59. The Bertz CT molecular complexity index is 454. The molecule has 6 nitrogen and oxygen atoms in total. The average Bonchev–Trinajstić information content (AvgIpc) is 2.17. The molecule has 0 saturated carbocycles. The van der Waals surface area contributed by atoms with Gasteiger partial charge in [0.1, 0.15) is 17.6 Å². The zero-order valence-electron chi connectivity index (χ0n) is 9.85. The largest absolute Gasteiger partial charge is 0.509 e. The number of ether oxygens (including phenoxy) is 2. The summed E-state index contributed by atoms with van der Waals surface area (Å²) < 4.78 is 14.4. The van der Waals surface area contributed by atoms with Gasteiger partial charge in [0.15, 0.2) is 12.4 Å². The van der Waals surface area contributed by atoms with E-state index >= 15 is 0 Å². The van der Waals surface area contributed by atoms with Crippen molar-refractivity contribution in [2.45, 2.75) is 33.0 Å². The highest BCUT2D eigenvalue weighted by Crippen LogP contribution is 2.10. The number of hydrogen-bond acceptors (Lipinski definition) is 6. The average molecular weight is 242 g/mol. The Labute approximate surface area is 97.8 Å². The van der Waals surface area contributed by atoms with E-state index in [0.29, 0.717) is 0 Å². The fraction of sp³-hybridized carbons (Fsp3) is 0.455. The van der Waals surface area contributed by atoms with Crippen molar-refractivity contribution in [1.82, 2.24) is 0 Å². The smallest absolute Gasteiger partial charge is 0.502 e. The monoisotopic (exact) mass is 242 g/mol. The van der Waals surface area contributed by atoms with Crippen LogP contribution < -0.4 is 5.43 Å². The molecule has 0 aliphatic rings. The quantitative estimate of drug-likeness (QED) is 0.796. The van der Waals surface area contributed by atoms with Gasteiger partial charge < -0.3 is 19.0 Å². The Morgan fingerprint density at radius 1 is 1.47 bits per heavy atom. The molecule has 1 heterocycles. The standard InChI is InChI=1S/C11H14O6/c1-11(2,3)17-10(14)16-5-7-4-8(12)9(13)6-15-7/h4,6,13H,5H2,1-3H3. The molecule has 0 aliphatic heterocycles. The molecule has 94 valence electrons. The Morgan fingerprint density at radius 2 is 2.12 bits per heavy atom. The topological polar surface area (TPSA) is 86.0 Å². The molecular weight excluding hydrogens is 228 g/mol. The van der Waals surface area contributed by atoms with E-state index in [2.05, 4.69) is 0 Å². The molecule has 0 aromatic carbocycles. The van der Waals surface area contributed by atoms with Crippen molar-refractivity contribution >= 4 is 6.16 Å². The maximum Gasteiger partial charge on any atom is 0.509 e. The highest BCUT2D eigenvalue weighted by Gasteiger charge is 2.17. The first-order valence-electron chi connectivity index (χ1n) is 4.94. The van der Waals surface area contributed by atoms with Crippen molar-refractivity contribution in [3.05, 3.63) is 28.3 Å². The van der Waals surface area contributed by atoms with Crippen molar-refractivity contribution in [2.75, 3.05) is 0 Å². The van der Waals surface area contributed by atoms with Crippen LogP contribution in [0.25, 0.3) is 0 Å². The molecule has 0 radical (unpaired) electrons. The molecule has 0 saturated heterocycles. The first kappa shape index (κ1) is 13.1. The minimum Gasteiger partial charge on any atom is -0.502 e. The Hall–Kier alpha value is -1.98. The van der Waals surface area contributed by atoms with Crippen LogP contribution in [0.2, 0.25) is 0 Å². The van der Waals surface area contributed by atoms with Crippen LogP contribution in [0, 0.1) is 0 Å². The summed E-state index contributed by atoms with van der Waals surface area (Å²) in [6, 6.07) is 1.04. The summed E-state index contributed by atoms with van der Waals surface area (Å²) in [5, 5.41) is 8.94. The van der Waals surface area contributed by atoms with Gasteiger partial charge in [-0.05, 0) is 20.8 Å². The lowest BCUT2D eigenvalue weighted by Crippen LogP contribution is -2.24. The van der Waals surface area contributed by atoms with E-state index in [1.54, 1.807) is 20.8 Å². The van der Waals surface area contributed by atoms with E-state index in [-0.39, 0.29) is 12.4 Å². The molecule has 0 unspecified atom stereocenters. The van der Waals surface area contributed by atoms with Gasteiger partial charge in [-0.25, -0.2) is 4.79 Å². The Kier molecular flexibility index (Phi) is 3.77. The first-order chi connectivity index (χ1) is 7.78. The molecule has 0 fully saturated rings.